The Labute approximate surface area is 182 Å². The van der Waals surface area contributed by atoms with Crippen LogP contribution in [0.25, 0.3) is 0 Å². The molecule has 2 aromatic rings. The molecule has 1 heterocycles. The molecule has 7 heteroatoms. The summed E-state index contributed by atoms with van der Waals surface area (Å²) in [5.74, 6) is 0.0764. The number of hydrogen-bond donors (Lipinski definition) is 1. The highest BCUT2D eigenvalue weighted by Gasteiger charge is 2.35. The van der Waals surface area contributed by atoms with E-state index in [9.17, 15) is 9.59 Å². The molecule has 6 nitrogen and oxygen atoms in total. The van der Waals surface area contributed by atoms with Gasteiger partial charge in [0.15, 0.2) is 0 Å². The van der Waals surface area contributed by atoms with E-state index >= 15 is 0 Å². The number of nitrogens with one attached hydrogen (secondary N) is 1. The fraction of sp³-hybridized carbons (Fsp3) is 0.391. The Morgan fingerprint density at radius 3 is 2.53 bits per heavy atom. The Balaban J connectivity index is 1.64. The van der Waals surface area contributed by atoms with Crippen LogP contribution in [0.3, 0.4) is 0 Å². The molecule has 3 rings (SSSR count). The second kappa shape index (κ2) is 9.96. The number of methoxy groups -OCH3 is 1. The van der Waals surface area contributed by atoms with Gasteiger partial charge in [0.2, 0.25) is 5.91 Å². The molecule has 1 fully saturated rings. The van der Waals surface area contributed by atoms with Crippen molar-refractivity contribution in [3.63, 3.8) is 0 Å². The monoisotopic (exact) mass is 429 g/mol. The third-order valence-electron chi connectivity index (χ3n) is 5.20. The van der Waals surface area contributed by atoms with Crippen LogP contribution in [0.15, 0.2) is 42.5 Å². The van der Waals surface area contributed by atoms with Crippen LogP contribution >= 0.6 is 11.6 Å². The van der Waals surface area contributed by atoms with Crippen molar-refractivity contribution < 1.29 is 14.3 Å². The molecular weight excluding hydrogens is 402 g/mol. The van der Waals surface area contributed by atoms with Gasteiger partial charge in [0, 0.05) is 24.7 Å². The van der Waals surface area contributed by atoms with Crippen LogP contribution in [0.5, 0.6) is 5.75 Å². The van der Waals surface area contributed by atoms with Gasteiger partial charge in [0.1, 0.15) is 11.8 Å². The van der Waals surface area contributed by atoms with E-state index in [0.29, 0.717) is 35.8 Å². The van der Waals surface area contributed by atoms with Gasteiger partial charge in [-0.3, -0.25) is 9.59 Å². The van der Waals surface area contributed by atoms with E-state index in [-0.39, 0.29) is 11.8 Å². The van der Waals surface area contributed by atoms with E-state index in [1.54, 1.807) is 23.1 Å². The lowest BCUT2D eigenvalue weighted by molar-refractivity contribution is -0.125. The van der Waals surface area contributed by atoms with Crippen molar-refractivity contribution in [1.29, 1.82) is 0 Å². The SMILES string of the molecule is COc1ccc(Cl)cc1C(=O)N1CCC[C@@H]1C(=O)NCc1ccc(CN(C)C)cc1. The van der Waals surface area contributed by atoms with Crippen molar-refractivity contribution in [2.24, 2.45) is 0 Å². The molecule has 0 bridgehead atoms. The van der Waals surface area contributed by atoms with Gasteiger partial charge >= 0.3 is 0 Å². The average Bonchev–Trinajstić information content (AvgIpc) is 3.22. The molecule has 0 aliphatic carbocycles. The van der Waals surface area contributed by atoms with Gasteiger partial charge < -0.3 is 19.9 Å². The maximum absolute atomic E-state index is 13.1. The molecule has 0 spiro atoms. The number of rotatable bonds is 7. The molecule has 0 aromatic heterocycles. The zero-order valence-electron chi connectivity index (χ0n) is 17.7. The summed E-state index contributed by atoms with van der Waals surface area (Å²) in [4.78, 5) is 29.6. The maximum atomic E-state index is 13.1. The number of halogens is 1. The van der Waals surface area contributed by atoms with Crippen LogP contribution in [0.4, 0.5) is 0 Å². The van der Waals surface area contributed by atoms with Crippen LogP contribution in [0.1, 0.15) is 34.3 Å². The van der Waals surface area contributed by atoms with Gasteiger partial charge in [-0.1, -0.05) is 35.9 Å². The van der Waals surface area contributed by atoms with E-state index in [0.717, 1.165) is 18.5 Å². The highest BCUT2D eigenvalue weighted by atomic mass is 35.5. The van der Waals surface area contributed by atoms with E-state index < -0.39 is 6.04 Å². The number of amides is 2. The Hall–Kier alpha value is -2.57. The molecule has 1 aliphatic rings. The van der Waals surface area contributed by atoms with Crippen molar-refractivity contribution in [1.82, 2.24) is 15.1 Å². The summed E-state index contributed by atoms with van der Waals surface area (Å²) in [5, 5.41) is 3.43. The van der Waals surface area contributed by atoms with Crippen molar-refractivity contribution in [2.75, 3.05) is 27.7 Å². The topological polar surface area (TPSA) is 61.9 Å². The smallest absolute Gasteiger partial charge is 0.258 e. The molecule has 0 radical (unpaired) electrons. The first-order valence-corrected chi connectivity index (χ1v) is 10.4. The van der Waals surface area contributed by atoms with E-state index in [1.165, 1.54) is 12.7 Å². The maximum Gasteiger partial charge on any atom is 0.258 e. The highest BCUT2D eigenvalue weighted by molar-refractivity contribution is 6.31. The van der Waals surface area contributed by atoms with Gasteiger partial charge in [-0.25, -0.2) is 0 Å². The predicted octanol–water partition coefficient (Wildman–Crippen LogP) is 3.33. The first kappa shape index (κ1) is 22.1. The van der Waals surface area contributed by atoms with Gasteiger partial charge in [-0.05, 0) is 56.3 Å². The molecular formula is C23H28ClN3O3. The second-order valence-corrected chi connectivity index (χ2v) is 8.21. The summed E-state index contributed by atoms with van der Waals surface area (Å²) in [6.07, 6.45) is 1.42. The quantitative estimate of drug-likeness (QED) is 0.733. The average molecular weight is 430 g/mol. The Bertz CT molecular complexity index is 899. The predicted molar refractivity (Wildman–Crippen MR) is 118 cm³/mol. The largest absolute Gasteiger partial charge is 0.496 e. The number of nitrogens with zero attached hydrogens (tertiary/aromatic N) is 2. The van der Waals surface area contributed by atoms with Crippen molar-refractivity contribution >= 4 is 23.4 Å². The molecule has 2 amide bonds. The first-order chi connectivity index (χ1) is 14.4. The normalized spacial score (nSPS) is 16.0. The molecule has 1 N–H and O–H groups in total. The minimum atomic E-state index is -0.491. The lowest BCUT2D eigenvalue weighted by Gasteiger charge is -2.25. The molecule has 2 aromatic carbocycles. The number of likely N-dealkylation sites (tertiary alicyclic amines) is 1. The lowest BCUT2D eigenvalue weighted by atomic mass is 10.1. The van der Waals surface area contributed by atoms with Crippen molar-refractivity contribution in [3.05, 3.63) is 64.2 Å². The minimum absolute atomic E-state index is 0.140. The lowest BCUT2D eigenvalue weighted by Crippen LogP contribution is -2.45. The number of carbonyl (C=O) groups excluding carboxylic acids is 2. The number of ether oxygens (including phenoxy) is 1. The van der Waals surface area contributed by atoms with E-state index in [4.69, 9.17) is 16.3 Å². The number of carbonyl (C=O) groups is 2. The third kappa shape index (κ3) is 5.32. The van der Waals surface area contributed by atoms with Crippen LogP contribution in [-0.4, -0.2) is 55.4 Å². The standard InChI is InChI=1S/C23H28ClN3O3/c1-26(2)15-17-8-6-16(7-9-17)14-25-22(28)20-5-4-12-27(20)23(29)19-13-18(24)10-11-21(19)30-3/h6-11,13,20H,4-5,12,14-15H2,1-3H3,(H,25,28)/t20-/m1/s1. The van der Waals surface area contributed by atoms with Crippen LogP contribution in [0, 0.1) is 0 Å². The van der Waals surface area contributed by atoms with E-state index in [1.807, 2.05) is 26.2 Å². The van der Waals surface area contributed by atoms with Gasteiger partial charge in [0.05, 0.1) is 12.7 Å². The van der Waals surface area contributed by atoms with Crippen molar-refractivity contribution in [2.45, 2.75) is 32.0 Å². The number of hydrogen-bond acceptors (Lipinski definition) is 4. The molecule has 160 valence electrons. The second-order valence-electron chi connectivity index (χ2n) is 7.77. The van der Waals surface area contributed by atoms with Crippen LogP contribution < -0.4 is 10.1 Å². The first-order valence-electron chi connectivity index (χ1n) is 10.0. The molecule has 0 unspecified atom stereocenters. The minimum Gasteiger partial charge on any atom is -0.496 e. The summed E-state index contributed by atoms with van der Waals surface area (Å²) < 4.78 is 5.31. The zero-order valence-corrected chi connectivity index (χ0v) is 18.4. The Morgan fingerprint density at radius 2 is 1.87 bits per heavy atom. The summed E-state index contributed by atoms with van der Waals surface area (Å²) >= 11 is 6.07. The van der Waals surface area contributed by atoms with Gasteiger partial charge in [-0.15, -0.1) is 0 Å². The third-order valence-corrected chi connectivity index (χ3v) is 5.43. The summed E-state index contributed by atoms with van der Waals surface area (Å²) in [6, 6.07) is 12.6. The molecule has 1 atom stereocenters. The zero-order chi connectivity index (χ0) is 21.7. The molecule has 0 saturated carbocycles. The molecule has 30 heavy (non-hydrogen) atoms. The Kier molecular flexibility index (Phi) is 7.34. The van der Waals surface area contributed by atoms with Crippen LogP contribution in [-0.2, 0) is 17.9 Å². The summed E-state index contributed by atoms with van der Waals surface area (Å²) in [7, 11) is 5.57. The fourth-order valence-electron chi connectivity index (χ4n) is 3.72. The van der Waals surface area contributed by atoms with E-state index in [2.05, 4.69) is 22.3 Å². The summed E-state index contributed by atoms with van der Waals surface area (Å²) in [6.45, 7) is 1.84. The molecule has 1 aliphatic heterocycles. The van der Waals surface area contributed by atoms with Gasteiger partial charge in [-0.2, -0.15) is 0 Å². The van der Waals surface area contributed by atoms with Crippen molar-refractivity contribution in [3.8, 4) is 5.75 Å². The number of benzene rings is 2. The highest BCUT2D eigenvalue weighted by Crippen LogP contribution is 2.27. The van der Waals surface area contributed by atoms with Crippen LogP contribution in [0.2, 0.25) is 5.02 Å². The fourth-order valence-corrected chi connectivity index (χ4v) is 3.89. The van der Waals surface area contributed by atoms with Gasteiger partial charge in [0.25, 0.3) is 5.91 Å². The summed E-state index contributed by atoms with van der Waals surface area (Å²) in [5.41, 5.74) is 2.62. The Morgan fingerprint density at radius 1 is 1.17 bits per heavy atom. The molecule has 1 saturated heterocycles.